The van der Waals surface area contributed by atoms with E-state index in [1.165, 1.54) is 11.2 Å². The van der Waals surface area contributed by atoms with Crippen LogP contribution in [0.2, 0.25) is 0 Å². The van der Waals surface area contributed by atoms with Crippen LogP contribution in [0.15, 0.2) is 36.7 Å². The number of aliphatic hydroxyl groups is 1. The Hall–Kier alpha value is -3.00. The molecule has 28 heavy (non-hydrogen) atoms. The van der Waals surface area contributed by atoms with Crippen molar-refractivity contribution in [1.29, 1.82) is 0 Å². The number of nitrogens with zero attached hydrogens (tertiary/aromatic N) is 4. The lowest BCUT2D eigenvalue weighted by Gasteiger charge is -2.26. The van der Waals surface area contributed by atoms with Gasteiger partial charge in [-0.05, 0) is 25.0 Å². The van der Waals surface area contributed by atoms with Crippen molar-refractivity contribution in [3.05, 3.63) is 42.2 Å². The second-order valence-electron chi connectivity index (χ2n) is 6.91. The highest BCUT2D eigenvalue weighted by molar-refractivity contribution is 5.98. The Morgan fingerprint density at radius 3 is 2.86 bits per heavy atom. The number of aromatic nitrogens is 2. The summed E-state index contributed by atoms with van der Waals surface area (Å²) in [5.74, 6) is 0.414. The number of amides is 2. The monoisotopic (exact) mass is 383 g/mol. The molecule has 2 N–H and O–H groups in total. The predicted molar refractivity (Wildman–Crippen MR) is 106 cm³/mol. The van der Waals surface area contributed by atoms with Crippen LogP contribution in [0.5, 0.6) is 0 Å². The zero-order valence-corrected chi connectivity index (χ0v) is 16.1. The molecule has 0 radical (unpaired) electrons. The van der Waals surface area contributed by atoms with Crippen molar-refractivity contribution in [2.45, 2.75) is 18.9 Å². The lowest BCUT2D eigenvalue weighted by Crippen LogP contribution is -2.45. The molecule has 1 atom stereocenters. The first-order chi connectivity index (χ1) is 13.5. The van der Waals surface area contributed by atoms with Gasteiger partial charge < -0.3 is 20.2 Å². The number of anilines is 1. The third kappa shape index (κ3) is 4.28. The number of benzene rings is 1. The second-order valence-corrected chi connectivity index (χ2v) is 6.91. The number of carbonyl (C=O) groups is 2. The Balaban J connectivity index is 1.83. The number of rotatable bonds is 6. The van der Waals surface area contributed by atoms with Crippen LogP contribution in [0.25, 0.3) is 11.3 Å². The van der Waals surface area contributed by atoms with Crippen molar-refractivity contribution >= 4 is 17.6 Å². The molecule has 148 valence electrons. The van der Waals surface area contributed by atoms with E-state index in [0.29, 0.717) is 36.6 Å². The molecule has 0 saturated carbocycles. The van der Waals surface area contributed by atoms with Crippen molar-refractivity contribution in [3.8, 4) is 11.3 Å². The standard InChI is InChI=1S/C20H25N5O3/c1-24(2)20(28)17-7-4-9-25(17)19(27)15-6-3-5-14(11-15)16-12-18(21-8-10-26)23-13-22-16/h3,5-6,11-13,17,26H,4,7-10H2,1-2H3,(H,21,22,23)/t17-/m0/s1. The summed E-state index contributed by atoms with van der Waals surface area (Å²) in [5, 5.41) is 11.9. The predicted octanol–water partition coefficient (Wildman–Crippen LogP) is 1.24. The zero-order valence-electron chi connectivity index (χ0n) is 16.1. The number of hydrogen-bond donors (Lipinski definition) is 2. The molecular formula is C20H25N5O3. The van der Waals surface area contributed by atoms with Gasteiger partial charge in [0.15, 0.2) is 0 Å². The molecule has 2 aromatic rings. The van der Waals surface area contributed by atoms with E-state index < -0.39 is 6.04 Å². The lowest BCUT2D eigenvalue weighted by atomic mass is 10.1. The fraction of sp³-hybridized carbons (Fsp3) is 0.400. The molecule has 1 aromatic heterocycles. The minimum absolute atomic E-state index is 0.00595. The van der Waals surface area contributed by atoms with Crippen LogP contribution in [-0.2, 0) is 4.79 Å². The summed E-state index contributed by atoms with van der Waals surface area (Å²) in [4.78, 5) is 37.1. The molecule has 8 nitrogen and oxygen atoms in total. The minimum Gasteiger partial charge on any atom is -0.395 e. The van der Waals surface area contributed by atoms with Gasteiger partial charge in [-0.25, -0.2) is 9.97 Å². The van der Waals surface area contributed by atoms with Gasteiger partial charge in [0.25, 0.3) is 5.91 Å². The highest BCUT2D eigenvalue weighted by Gasteiger charge is 2.35. The normalized spacial score (nSPS) is 16.1. The van der Waals surface area contributed by atoms with Gasteiger partial charge in [-0.3, -0.25) is 9.59 Å². The minimum atomic E-state index is -0.403. The van der Waals surface area contributed by atoms with Crippen molar-refractivity contribution in [3.63, 3.8) is 0 Å². The first-order valence-electron chi connectivity index (χ1n) is 9.30. The molecule has 1 saturated heterocycles. The van der Waals surface area contributed by atoms with Crippen molar-refractivity contribution < 1.29 is 14.7 Å². The van der Waals surface area contributed by atoms with Crippen LogP contribution in [0.4, 0.5) is 5.82 Å². The van der Waals surface area contributed by atoms with Gasteiger partial charge in [-0.15, -0.1) is 0 Å². The van der Waals surface area contributed by atoms with Gasteiger partial charge in [-0.2, -0.15) is 0 Å². The maximum Gasteiger partial charge on any atom is 0.254 e. The number of likely N-dealkylation sites (tertiary alicyclic amines) is 1. The number of likely N-dealkylation sites (N-methyl/N-ethyl adjacent to an activating group) is 1. The highest BCUT2D eigenvalue weighted by atomic mass is 16.3. The number of carbonyl (C=O) groups excluding carboxylic acids is 2. The quantitative estimate of drug-likeness (QED) is 0.779. The summed E-state index contributed by atoms with van der Waals surface area (Å²) in [6, 6.07) is 8.60. The van der Waals surface area contributed by atoms with Gasteiger partial charge in [-0.1, -0.05) is 12.1 Å². The van der Waals surface area contributed by atoms with Crippen LogP contribution in [0.1, 0.15) is 23.2 Å². The summed E-state index contributed by atoms with van der Waals surface area (Å²) in [7, 11) is 3.42. The maximum absolute atomic E-state index is 13.1. The molecule has 2 amide bonds. The van der Waals surface area contributed by atoms with E-state index in [0.717, 1.165) is 12.0 Å². The molecule has 0 aliphatic carbocycles. The molecule has 0 unspecified atom stereocenters. The Morgan fingerprint density at radius 1 is 1.29 bits per heavy atom. The zero-order chi connectivity index (χ0) is 20.1. The first kappa shape index (κ1) is 19.8. The molecule has 1 aliphatic heterocycles. The molecule has 2 heterocycles. The van der Waals surface area contributed by atoms with E-state index >= 15 is 0 Å². The van der Waals surface area contributed by atoms with Gasteiger partial charge in [0.05, 0.1) is 12.3 Å². The molecule has 3 rings (SSSR count). The molecule has 0 bridgehead atoms. The fourth-order valence-electron chi connectivity index (χ4n) is 3.34. The Kier molecular flexibility index (Phi) is 6.20. The summed E-state index contributed by atoms with van der Waals surface area (Å²) in [6.07, 6.45) is 2.95. The second kappa shape index (κ2) is 8.79. The van der Waals surface area contributed by atoms with Crippen molar-refractivity contribution in [1.82, 2.24) is 19.8 Å². The van der Waals surface area contributed by atoms with E-state index in [1.807, 2.05) is 12.1 Å². The molecule has 0 spiro atoms. The van der Waals surface area contributed by atoms with E-state index in [9.17, 15) is 9.59 Å². The summed E-state index contributed by atoms with van der Waals surface area (Å²) >= 11 is 0. The van der Waals surface area contributed by atoms with E-state index in [-0.39, 0.29) is 18.4 Å². The molecule has 1 aliphatic rings. The summed E-state index contributed by atoms with van der Waals surface area (Å²) in [5.41, 5.74) is 1.99. The average molecular weight is 383 g/mol. The summed E-state index contributed by atoms with van der Waals surface area (Å²) in [6.45, 7) is 0.979. The van der Waals surface area contributed by atoms with Crippen molar-refractivity contribution in [2.24, 2.45) is 0 Å². The average Bonchev–Trinajstić information content (AvgIpc) is 3.21. The smallest absolute Gasteiger partial charge is 0.254 e. The molecule has 1 aromatic carbocycles. The van der Waals surface area contributed by atoms with Gasteiger partial charge in [0.2, 0.25) is 5.91 Å². The molecular weight excluding hydrogens is 358 g/mol. The third-order valence-electron chi connectivity index (χ3n) is 4.73. The van der Waals surface area contributed by atoms with E-state index in [2.05, 4.69) is 15.3 Å². The Bertz CT molecular complexity index is 855. The lowest BCUT2D eigenvalue weighted by molar-refractivity contribution is -0.132. The van der Waals surface area contributed by atoms with Crippen LogP contribution < -0.4 is 5.32 Å². The summed E-state index contributed by atoms with van der Waals surface area (Å²) < 4.78 is 0. The van der Waals surface area contributed by atoms with Gasteiger partial charge in [0.1, 0.15) is 18.2 Å². The van der Waals surface area contributed by atoms with Crippen LogP contribution in [0.3, 0.4) is 0 Å². The molecule has 1 fully saturated rings. The van der Waals surface area contributed by atoms with Crippen LogP contribution in [0, 0.1) is 0 Å². The van der Waals surface area contributed by atoms with Crippen LogP contribution in [-0.4, -0.2) is 76.5 Å². The number of aliphatic hydroxyl groups excluding tert-OH is 1. The van der Waals surface area contributed by atoms with Crippen molar-refractivity contribution in [2.75, 3.05) is 39.1 Å². The highest BCUT2D eigenvalue weighted by Crippen LogP contribution is 2.24. The van der Waals surface area contributed by atoms with E-state index in [1.54, 1.807) is 37.2 Å². The maximum atomic E-state index is 13.1. The number of hydrogen-bond acceptors (Lipinski definition) is 6. The topological polar surface area (TPSA) is 98.7 Å². The Morgan fingerprint density at radius 2 is 2.11 bits per heavy atom. The Labute approximate surface area is 164 Å². The molecule has 8 heteroatoms. The SMILES string of the molecule is CN(C)C(=O)[C@@H]1CCCN1C(=O)c1cccc(-c2cc(NCCO)ncn2)c1. The number of nitrogens with one attached hydrogen (secondary N) is 1. The van der Waals surface area contributed by atoms with Gasteiger partial charge >= 0.3 is 0 Å². The fourth-order valence-corrected chi connectivity index (χ4v) is 3.34. The van der Waals surface area contributed by atoms with E-state index in [4.69, 9.17) is 5.11 Å². The van der Waals surface area contributed by atoms with Crippen LogP contribution >= 0.6 is 0 Å². The largest absolute Gasteiger partial charge is 0.395 e. The first-order valence-corrected chi connectivity index (χ1v) is 9.30. The van der Waals surface area contributed by atoms with Gasteiger partial charge in [0, 0.05) is 44.4 Å². The third-order valence-corrected chi connectivity index (χ3v) is 4.73.